The lowest BCUT2D eigenvalue weighted by Gasteiger charge is -2.07. The van der Waals surface area contributed by atoms with E-state index in [4.69, 9.17) is 15.2 Å². The molecule has 2 rings (SSSR count). The van der Waals surface area contributed by atoms with Gasteiger partial charge in [0.25, 0.3) is 0 Å². The zero-order chi connectivity index (χ0) is 15.5. The lowest BCUT2D eigenvalue weighted by atomic mass is 10.3. The van der Waals surface area contributed by atoms with Crippen LogP contribution in [0.5, 0.6) is 0 Å². The highest BCUT2D eigenvalue weighted by Gasteiger charge is 2.17. The Balaban J connectivity index is 2.27. The van der Waals surface area contributed by atoms with Crippen molar-refractivity contribution in [3.8, 4) is 0 Å². The molecule has 7 nitrogen and oxygen atoms in total. The molecule has 0 atom stereocenters. The van der Waals surface area contributed by atoms with Crippen LogP contribution in [0.1, 0.15) is 0 Å². The first kappa shape index (κ1) is 15.7. The highest BCUT2D eigenvalue weighted by molar-refractivity contribution is 7.91. The normalized spacial score (nSPS) is 12.1. The Kier molecular flexibility index (Phi) is 4.81. The average molecular weight is 313 g/mol. The smallest absolute Gasteiger partial charge is 0.201 e. The first-order valence-corrected chi connectivity index (χ1v) is 8.35. The molecule has 2 N–H and O–H groups in total. The van der Waals surface area contributed by atoms with E-state index in [2.05, 4.69) is 4.98 Å². The molecule has 8 heteroatoms. The second kappa shape index (κ2) is 6.42. The monoisotopic (exact) mass is 313 g/mol. The summed E-state index contributed by atoms with van der Waals surface area (Å²) >= 11 is 0. The number of hydrogen-bond acceptors (Lipinski definition) is 6. The summed E-state index contributed by atoms with van der Waals surface area (Å²) in [6.45, 7) is 1.97. The Morgan fingerprint density at radius 3 is 2.71 bits per heavy atom. The number of rotatable bonds is 7. The van der Waals surface area contributed by atoms with Gasteiger partial charge in [-0.05, 0) is 12.1 Å². The molecule has 0 saturated heterocycles. The van der Waals surface area contributed by atoms with Crippen LogP contribution in [0.15, 0.2) is 23.1 Å². The van der Waals surface area contributed by atoms with E-state index in [-0.39, 0.29) is 10.8 Å². The van der Waals surface area contributed by atoms with Crippen LogP contribution >= 0.6 is 0 Å². The third kappa shape index (κ3) is 3.52. The van der Waals surface area contributed by atoms with E-state index in [0.29, 0.717) is 37.4 Å². The minimum Gasteiger partial charge on any atom is -0.382 e. The number of ether oxygens (including phenoxy) is 2. The molecule has 0 saturated carbocycles. The number of aromatic nitrogens is 2. The molecular formula is C13H19N3O4S. The largest absolute Gasteiger partial charge is 0.382 e. The Labute approximate surface area is 123 Å². The fourth-order valence-corrected chi connectivity index (χ4v) is 2.90. The van der Waals surface area contributed by atoms with Crippen molar-refractivity contribution in [1.29, 1.82) is 0 Å². The van der Waals surface area contributed by atoms with Gasteiger partial charge in [0.1, 0.15) is 5.52 Å². The highest BCUT2D eigenvalue weighted by Crippen LogP contribution is 2.24. The average Bonchev–Trinajstić information content (AvgIpc) is 2.73. The molecule has 0 unspecified atom stereocenters. The molecule has 2 aromatic rings. The third-order valence-electron chi connectivity index (χ3n) is 3.06. The van der Waals surface area contributed by atoms with Gasteiger partial charge in [0.05, 0.1) is 30.2 Å². The van der Waals surface area contributed by atoms with E-state index >= 15 is 0 Å². The van der Waals surface area contributed by atoms with E-state index in [1.54, 1.807) is 23.8 Å². The van der Waals surface area contributed by atoms with Gasteiger partial charge in [0, 0.05) is 19.9 Å². The van der Waals surface area contributed by atoms with Gasteiger partial charge in [0.2, 0.25) is 5.95 Å². The molecule has 0 aliphatic carbocycles. The van der Waals surface area contributed by atoms with Gasteiger partial charge in [0.15, 0.2) is 9.84 Å². The van der Waals surface area contributed by atoms with Gasteiger partial charge in [-0.2, -0.15) is 0 Å². The van der Waals surface area contributed by atoms with Gasteiger partial charge in [-0.3, -0.25) is 0 Å². The predicted octanol–water partition coefficient (Wildman–Crippen LogP) is 0.685. The number of sulfone groups is 1. The summed E-state index contributed by atoms with van der Waals surface area (Å²) in [6.07, 6.45) is 1.16. The van der Waals surface area contributed by atoms with Crippen molar-refractivity contribution in [3.05, 3.63) is 18.2 Å². The summed E-state index contributed by atoms with van der Waals surface area (Å²) < 4.78 is 35.6. The molecule has 0 aliphatic rings. The van der Waals surface area contributed by atoms with Gasteiger partial charge in [-0.1, -0.05) is 6.07 Å². The molecular weight excluding hydrogens is 294 g/mol. The summed E-state index contributed by atoms with van der Waals surface area (Å²) in [5, 5.41) is 0. The second-order valence-electron chi connectivity index (χ2n) is 4.62. The number of hydrogen-bond donors (Lipinski definition) is 1. The number of para-hydroxylation sites is 1. The van der Waals surface area contributed by atoms with E-state index in [1.807, 2.05) is 0 Å². The third-order valence-corrected chi connectivity index (χ3v) is 4.19. The molecule has 1 heterocycles. The molecule has 0 amide bonds. The van der Waals surface area contributed by atoms with Gasteiger partial charge < -0.3 is 19.8 Å². The Morgan fingerprint density at radius 1 is 1.29 bits per heavy atom. The topological polar surface area (TPSA) is 96.4 Å². The van der Waals surface area contributed by atoms with Gasteiger partial charge in [-0.15, -0.1) is 0 Å². The van der Waals surface area contributed by atoms with E-state index in [9.17, 15) is 8.42 Å². The zero-order valence-corrected chi connectivity index (χ0v) is 12.9. The van der Waals surface area contributed by atoms with E-state index in [0.717, 1.165) is 6.26 Å². The number of nitrogens with two attached hydrogens (primary N) is 1. The molecule has 1 aromatic heterocycles. The summed E-state index contributed by atoms with van der Waals surface area (Å²) in [5.41, 5.74) is 6.97. The number of nitrogen functional groups attached to an aromatic ring is 1. The van der Waals surface area contributed by atoms with Crippen molar-refractivity contribution >= 4 is 26.8 Å². The Morgan fingerprint density at radius 2 is 2.05 bits per heavy atom. The van der Waals surface area contributed by atoms with Crippen LogP contribution in [0.25, 0.3) is 11.0 Å². The van der Waals surface area contributed by atoms with Crippen LogP contribution < -0.4 is 5.73 Å². The number of imidazole rings is 1. The quantitative estimate of drug-likeness (QED) is 0.755. The van der Waals surface area contributed by atoms with Gasteiger partial charge >= 0.3 is 0 Å². The van der Waals surface area contributed by atoms with Crippen molar-refractivity contribution in [1.82, 2.24) is 9.55 Å². The summed E-state index contributed by atoms with van der Waals surface area (Å²) in [6, 6.07) is 5.01. The van der Waals surface area contributed by atoms with Crippen molar-refractivity contribution in [2.45, 2.75) is 11.4 Å². The fourth-order valence-electron chi connectivity index (χ4n) is 2.07. The minimum absolute atomic E-state index is 0.186. The lowest BCUT2D eigenvalue weighted by molar-refractivity contribution is 0.0671. The van der Waals surface area contributed by atoms with E-state index < -0.39 is 9.84 Å². The fraction of sp³-hybridized carbons (Fsp3) is 0.462. The second-order valence-corrected chi connectivity index (χ2v) is 6.61. The van der Waals surface area contributed by atoms with E-state index in [1.165, 1.54) is 6.07 Å². The predicted molar refractivity (Wildman–Crippen MR) is 80.0 cm³/mol. The van der Waals surface area contributed by atoms with Crippen LogP contribution in [0.2, 0.25) is 0 Å². The van der Waals surface area contributed by atoms with Crippen LogP contribution in [0, 0.1) is 0 Å². The molecule has 1 aromatic carbocycles. The molecule has 116 valence electrons. The Hall–Kier alpha value is -1.64. The van der Waals surface area contributed by atoms with Gasteiger partial charge in [-0.25, -0.2) is 13.4 Å². The maximum absolute atomic E-state index is 11.8. The van der Waals surface area contributed by atoms with Crippen LogP contribution in [-0.4, -0.2) is 51.2 Å². The molecule has 0 spiro atoms. The maximum Gasteiger partial charge on any atom is 0.201 e. The molecule has 0 radical (unpaired) electrons. The highest BCUT2D eigenvalue weighted by atomic mass is 32.2. The standard InChI is InChI=1S/C13H19N3O4S/c1-19-8-9-20-7-6-16-10-4-3-5-11(21(2,17)18)12(10)15-13(16)14/h3-5H,6-9H2,1-2H3,(H2,14,15). The lowest BCUT2D eigenvalue weighted by Crippen LogP contribution is -2.11. The Bertz CT molecular complexity index is 724. The zero-order valence-electron chi connectivity index (χ0n) is 12.1. The SMILES string of the molecule is COCCOCCn1c(N)nc2c(S(C)(=O)=O)cccc21. The minimum atomic E-state index is -3.34. The van der Waals surface area contributed by atoms with Crippen LogP contribution in [0.3, 0.4) is 0 Å². The molecule has 0 fully saturated rings. The first-order valence-electron chi connectivity index (χ1n) is 6.46. The van der Waals surface area contributed by atoms with Crippen molar-refractivity contribution in [3.63, 3.8) is 0 Å². The number of benzene rings is 1. The first-order chi connectivity index (χ1) is 9.95. The van der Waals surface area contributed by atoms with Crippen molar-refractivity contribution in [2.24, 2.45) is 0 Å². The number of methoxy groups -OCH3 is 1. The summed E-state index contributed by atoms with van der Waals surface area (Å²) in [4.78, 5) is 4.36. The summed E-state index contributed by atoms with van der Waals surface area (Å²) in [5.74, 6) is 0.274. The van der Waals surface area contributed by atoms with Crippen molar-refractivity contribution < 1.29 is 17.9 Å². The maximum atomic E-state index is 11.8. The molecule has 21 heavy (non-hydrogen) atoms. The molecule has 0 bridgehead atoms. The number of nitrogens with zero attached hydrogens (tertiary/aromatic N) is 2. The summed E-state index contributed by atoms with van der Waals surface area (Å²) in [7, 11) is -1.74. The van der Waals surface area contributed by atoms with Crippen LogP contribution in [0.4, 0.5) is 5.95 Å². The van der Waals surface area contributed by atoms with Crippen molar-refractivity contribution in [2.75, 3.05) is 38.9 Å². The van der Waals surface area contributed by atoms with Crippen LogP contribution in [-0.2, 0) is 25.9 Å². The molecule has 0 aliphatic heterocycles. The number of anilines is 1. The number of fused-ring (bicyclic) bond motifs is 1.